The minimum Gasteiger partial charge on any atom is -0.468 e. The number of hydrogen-bond acceptors (Lipinski definition) is 3. The van der Waals surface area contributed by atoms with Crippen LogP contribution in [0.4, 0.5) is 0 Å². The molecule has 0 aliphatic carbocycles. The summed E-state index contributed by atoms with van der Waals surface area (Å²) in [7, 11) is 1.55. The van der Waals surface area contributed by atoms with Crippen LogP contribution in [0.2, 0.25) is 0 Å². The molecule has 1 aromatic carbocycles. The van der Waals surface area contributed by atoms with Crippen molar-refractivity contribution in [2.75, 3.05) is 13.9 Å². The van der Waals surface area contributed by atoms with Gasteiger partial charge in [-0.05, 0) is 30.7 Å². The molecule has 3 heteroatoms. The van der Waals surface area contributed by atoms with Crippen LogP contribution in [0.1, 0.15) is 15.9 Å². The van der Waals surface area contributed by atoms with E-state index < -0.39 is 0 Å². The Labute approximate surface area is 77.3 Å². The summed E-state index contributed by atoms with van der Waals surface area (Å²) in [5, 5.41) is 0. The van der Waals surface area contributed by atoms with E-state index in [-0.39, 0.29) is 6.79 Å². The highest BCUT2D eigenvalue weighted by Crippen LogP contribution is 2.15. The molecule has 0 saturated carbocycles. The van der Waals surface area contributed by atoms with Crippen molar-refractivity contribution in [1.29, 1.82) is 0 Å². The van der Waals surface area contributed by atoms with Crippen molar-refractivity contribution >= 4 is 6.29 Å². The molecule has 0 heterocycles. The second-order valence-electron chi connectivity index (χ2n) is 2.75. The Hall–Kier alpha value is -1.35. The quantitative estimate of drug-likeness (QED) is 0.523. The number of ether oxygens (including phenoxy) is 2. The molecule has 70 valence electrons. The summed E-state index contributed by atoms with van der Waals surface area (Å²) in [6.45, 7) is 2.11. The van der Waals surface area contributed by atoms with Crippen molar-refractivity contribution in [3.05, 3.63) is 29.3 Å². The maximum atomic E-state index is 10.5. The molecule has 0 aliphatic heterocycles. The van der Waals surface area contributed by atoms with Gasteiger partial charge in [-0.2, -0.15) is 0 Å². The van der Waals surface area contributed by atoms with E-state index in [1.807, 2.05) is 13.0 Å². The number of rotatable bonds is 4. The molecule has 13 heavy (non-hydrogen) atoms. The van der Waals surface area contributed by atoms with Crippen molar-refractivity contribution in [3.63, 3.8) is 0 Å². The minimum absolute atomic E-state index is 0.196. The van der Waals surface area contributed by atoms with Crippen LogP contribution >= 0.6 is 0 Å². The van der Waals surface area contributed by atoms with Crippen LogP contribution in [0.25, 0.3) is 0 Å². The van der Waals surface area contributed by atoms with E-state index in [4.69, 9.17) is 9.47 Å². The topological polar surface area (TPSA) is 35.5 Å². The van der Waals surface area contributed by atoms with Crippen LogP contribution < -0.4 is 4.74 Å². The molecule has 0 N–H and O–H groups in total. The van der Waals surface area contributed by atoms with Gasteiger partial charge in [-0.3, -0.25) is 4.79 Å². The Kier molecular flexibility index (Phi) is 3.46. The Balaban J connectivity index is 2.81. The Bertz CT molecular complexity index is 294. The lowest BCUT2D eigenvalue weighted by Crippen LogP contribution is -1.99. The first-order valence-electron chi connectivity index (χ1n) is 3.95. The van der Waals surface area contributed by atoms with Gasteiger partial charge in [0.1, 0.15) is 12.0 Å². The number of methoxy groups -OCH3 is 1. The monoisotopic (exact) mass is 180 g/mol. The Morgan fingerprint density at radius 2 is 2.15 bits per heavy atom. The predicted octanol–water partition coefficient (Wildman–Crippen LogP) is 1.79. The minimum atomic E-state index is 0.196. The average Bonchev–Trinajstić information content (AvgIpc) is 2.14. The van der Waals surface area contributed by atoms with Gasteiger partial charge in [0.05, 0.1) is 0 Å². The van der Waals surface area contributed by atoms with Gasteiger partial charge in [0, 0.05) is 12.7 Å². The lowest BCUT2D eigenvalue weighted by molar-refractivity contribution is 0.0510. The zero-order valence-corrected chi connectivity index (χ0v) is 7.74. The van der Waals surface area contributed by atoms with Gasteiger partial charge in [-0.25, -0.2) is 0 Å². The number of aryl methyl sites for hydroxylation is 1. The summed E-state index contributed by atoms with van der Waals surface area (Å²) in [5.74, 6) is 0.656. The first-order valence-corrected chi connectivity index (χ1v) is 3.95. The molecule has 0 radical (unpaired) electrons. The fourth-order valence-electron chi connectivity index (χ4n) is 1.05. The van der Waals surface area contributed by atoms with E-state index in [1.54, 1.807) is 19.2 Å². The highest BCUT2D eigenvalue weighted by atomic mass is 16.7. The van der Waals surface area contributed by atoms with Crippen LogP contribution in [-0.4, -0.2) is 20.2 Å². The van der Waals surface area contributed by atoms with Gasteiger partial charge in [0.15, 0.2) is 6.79 Å². The van der Waals surface area contributed by atoms with Gasteiger partial charge in [-0.15, -0.1) is 0 Å². The highest BCUT2D eigenvalue weighted by molar-refractivity contribution is 5.75. The molecule has 0 atom stereocenters. The molecule has 3 nitrogen and oxygen atoms in total. The number of carbonyl (C=O) groups is 1. The Morgan fingerprint density at radius 3 is 2.77 bits per heavy atom. The second-order valence-corrected chi connectivity index (χ2v) is 2.75. The SMILES string of the molecule is COCOc1cc(C)cc(C=O)c1. The second kappa shape index (κ2) is 4.62. The predicted molar refractivity (Wildman–Crippen MR) is 49.1 cm³/mol. The van der Waals surface area contributed by atoms with Gasteiger partial charge in [0.25, 0.3) is 0 Å². The van der Waals surface area contributed by atoms with Gasteiger partial charge >= 0.3 is 0 Å². The summed E-state index contributed by atoms with van der Waals surface area (Å²) in [6, 6.07) is 5.33. The molecular formula is C10H12O3. The number of benzene rings is 1. The number of aldehydes is 1. The van der Waals surface area contributed by atoms with E-state index in [9.17, 15) is 4.79 Å². The van der Waals surface area contributed by atoms with Crippen LogP contribution in [0.15, 0.2) is 18.2 Å². The lowest BCUT2D eigenvalue weighted by Gasteiger charge is -2.05. The zero-order chi connectivity index (χ0) is 9.68. The first kappa shape index (κ1) is 9.74. The van der Waals surface area contributed by atoms with E-state index in [1.165, 1.54) is 0 Å². The summed E-state index contributed by atoms with van der Waals surface area (Å²) < 4.78 is 9.95. The summed E-state index contributed by atoms with van der Waals surface area (Å²) in [6.07, 6.45) is 0.798. The van der Waals surface area contributed by atoms with Gasteiger partial charge in [0.2, 0.25) is 0 Å². The van der Waals surface area contributed by atoms with Crippen molar-refractivity contribution in [2.45, 2.75) is 6.92 Å². The summed E-state index contributed by atoms with van der Waals surface area (Å²) in [5.41, 5.74) is 1.61. The normalized spacial score (nSPS) is 9.69. The van der Waals surface area contributed by atoms with Crippen molar-refractivity contribution in [2.24, 2.45) is 0 Å². The molecule has 0 fully saturated rings. The first-order chi connectivity index (χ1) is 6.26. The number of carbonyl (C=O) groups excluding carboxylic acids is 1. The third-order valence-electron chi connectivity index (χ3n) is 1.55. The number of hydrogen-bond donors (Lipinski definition) is 0. The van der Waals surface area contributed by atoms with Crippen molar-refractivity contribution < 1.29 is 14.3 Å². The molecule has 1 aromatic rings. The molecular weight excluding hydrogens is 168 g/mol. The Morgan fingerprint density at radius 1 is 1.38 bits per heavy atom. The smallest absolute Gasteiger partial charge is 0.188 e. The van der Waals surface area contributed by atoms with E-state index in [0.717, 1.165) is 11.8 Å². The average molecular weight is 180 g/mol. The van der Waals surface area contributed by atoms with Gasteiger partial charge < -0.3 is 9.47 Å². The fraction of sp³-hybridized carbons (Fsp3) is 0.300. The van der Waals surface area contributed by atoms with Crippen molar-refractivity contribution in [1.82, 2.24) is 0 Å². The third-order valence-corrected chi connectivity index (χ3v) is 1.55. The zero-order valence-electron chi connectivity index (χ0n) is 7.74. The maximum absolute atomic E-state index is 10.5. The highest BCUT2D eigenvalue weighted by Gasteiger charge is 1.97. The lowest BCUT2D eigenvalue weighted by atomic mass is 10.1. The standard InChI is InChI=1S/C10H12O3/c1-8-3-9(6-11)5-10(4-8)13-7-12-2/h3-6H,7H2,1-2H3. The van der Waals surface area contributed by atoms with E-state index >= 15 is 0 Å². The largest absolute Gasteiger partial charge is 0.468 e. The molecule has 0 aromatic heterocycles. The maximum Gasteiger partial charge on any atom is 0.188 e. The summed E-state index contributed by atoms with van der Waals surface area (Å²) >= 11 is 0. The molecule has 1 rings (SSSR count). The fourth-order valence-corrected chi connectivity index (χ4v) is 1.05. The van der Waals surface area contributed by atoms with Crippen molar-refractivity contribution in [3.8, 4) is 5.75 Å². The molecule has 0 saturated heterocycles. The molecule has 0 unspecified atom stereocenters. The molecule has 0 bridgehead atoms. The van der Waals surface area contributed by atoms with Crippen LogP contribution in [0.3, 0.4) is 0 Å². The van der Waals surface area contributed by atoms with E-state index in [0.29, 0.717) is 11.3 Å². The van der Waals surface area contributed by atoms with E-state index in [2.05, 4.69) is 0 Å². The van der Waals surface area contributed by atoms with Gasteiger partial charge in [-0.1, -0.05) is 0 Å². The molecule has 0 spiro atoms. The van der Waals surface area contributed by atoms with Crippen LogP contribution in [0, 0.1) is 6.92 Å². The molecule has 0 amide bonds. The molecule has 0 aliphatic rings. The third kappa shape index (κ3) is 2.87. The summed E-state index contributed by atoms with van der Waals surface area (Å²) in [4.78, 5) is 10.5. The van der Waals surface area contributed by atoms with Crippen LogP contribution in [0.5, 0.6) is 5.75 Å². The van der Waals surface area contributed by atoms with Crippen LogP contribution in [-0.2, 0) is 4.74 Å².